The maximum absolute atomic E-state index is 12.4. The van der Waals surface area contributed by atoms with Crippen molar-refractivity contribution in [3.8, 4) is 11.4 Å². The number of nitrogens with one attached hydrogen (secondary N) is 1. The summed E-state index contributed by atoms with van der Waals surface area (Å²) in [5.74, 6) is -0.113. The molecule has 0 unspecified atom stereocenters. The first-order valence-corrected chi connectivity index (χ1v) is 9.40. The molecule has 1 N–H and O–H groups in total. The second kappa shape index (κ2) is 7.19. The molecule has 3 rings (SSSR count). The summed E-state index contributed by atoms with van der Waals surface area (Å²) < 4.78 is 29.0. The van der Waals surface area contributed by atoms with E-state index in [2.05, 4.69) is 14.8 Å². The predicted molar refractivity (Wildman–Crippen MR) is 96.9 cm³/mol. The molecule has 0 amide bonds. The number of benzene rings is 1. The maximum Gasteiger partial charge on any atom is 0.240 e. The van der Waals surface area contributed by atoms with Crippen molar-refractivity contribution < 1.29 is 13.2 Å². The SMILES string of the molecule is CC(=O)c1ccc(S(=O)(=O)NCc2cc(-c3ccccn3)n(C)n2)cc1. The molecule has 26 heavy (non-hydrogen) atoms. The maximum atomic E-state index is 12.4. The van der Waals surface area contributed by atoms with Crippen LogP contribution in [0.25, 0.3) is 11.4 Å². The molecule has 0 bridgehead atoms. The summed E-state index contributed by atoms with van der Waals surface area (Å²) in [5.41, 5.74) is 2.60. The molecule has 1 aromatic carbocycles. The molecule has 0 aliphatic rings. The van der Waals surface area contributed by atoms with Gasteiger partial charge in [0.15, 0.2) is 5.78 Å². The van der Waals surface area contributed by atoms with E-state index in [-0.39, 0.29) is 17.2 Å². The second-order valence-corrected chi connectivity index (χ2v) is 7.53. The number of hydrogen-bond acceptors (Lipinski definition) is 5. The molecular weight excluding hydrogens is 352 g/mol. The predicted octanol–water partition coefficient (Wildman–Crippen LogP) is 2.16. The Labute approximate surface area is 151 Å². The molecule has 2 heterocycles. The van der Waals surface area contributed by atoms with Crippen LogP contribution >= 0.6 is 0 Å². The van der Waals surface area contributed by atoms with Gasteiger partial charge in [0.25, 0.3) is 0 Å². The monoisotopic (exact) mass is 370 g/mol. The Hall–Kier alpha value is -2.84. The Balaban J connectivity index is 1.75. The molecule has 0 atom stereocenters. The van der Waals surface area contributed by atoms with Crippen LogP contribution in [0, 0.1) is 0 Å². The standard InChI is InChI=1S/C18H18N4O3S/c1-13(23)14-6-8-16(9-7-14)26(24,25)20-12-15-11-18(22(2)21-15)17-5-3-4-10-19-17/h3-11,20H,12H2,1-2H3. The van der Waals surface area contributed by atoms with Gasteiger partial charge in [-0.3, -0.25) is 14.5 Å². The molecule has 0 radical (unpaired) electrons. The van der Waals surface area contributed by atoms with E-state index in [0.717, 1.165) is 11.4 Å². The van der Waals surface area contributed by atoms with Crippen molar-refractivity contribution in [2.24, 2.45) is 7.05 Å². The third-order valence-corrected chi connectivity index (χ3v) is 5.29. The van der Waals surface area contributed by atoms with Gasteiger partial charge in [-0.1, -0.05) is 18.2 Å². The largest absolute Gasteiger partial charge is 0.295 e. The van der Waals surface area contributed by atoms with E-state index in [1.54, 1.807) is 24.0 Å². The Morgan fingerprint density at radius 2 is 1.88 bits per heavy atom. The van der Waals surface area contributed by atoms with E-state index in [1.807, 2.05) is 18.2 Å². The minimum absolute atomic E-state index is 0.0530. The highest BCUT2D eigenvalue weighted by Gasteiger charge is 2.16. The summed E-state index contributed by atoms with van der Waals surface area (Å²) in [7, 11) is -1.92. The Morgan fingerprint density at radius 1 is 1.15 bits per heavy atom. The number of aromatic nitrogens is 3. The normalized spacial score (nSPS) is 11.5. The van der Waals surface area contributed by atoms with Crippen molar-refractivity contribution in [1.82, 2.24) is 19.5 Å². The minimum Gasteiger partial charge on any atom is -0.295 e. The lowest BCUT2D eigenvalue weighted by Crippen LogP contribution is -2.23. The van der Waals surface area contributed by atoms with Gasteiger partial charge in [0, 0.05) is 18.8 Å². The zero-order valence-corrected chi connectivity index (χ0v) is 15.2. The van der Waals surface area contributed by atoms with Crippen LogP contribution in [-0.2, 0) is 23.6 Å². The Bertz CT molecular complexity index is 1030. The van der Waals surface area contributed by atoms with E-state index in [4.69, 9.17) is 0 Å². The topological polar surface area (TPSA) is 94.0 Å². The van der Waals surface area contributed by atoms with Crippen LogP contribution in [0.4, 0.5) is 0 Å². The Morgan fingerprint density at radius 3 is 2.50 bits per heavy atom. The summed E-state index contributed by atoms with van der Waals surface area (Å²) in [6.45, 7) is 1.49. The smallest absolute Gasteiger partial charge is 0.240 e. The molecule has 8 heteroatoms. The van der Waals surface area contributed by atoms with E-state index < -0.39 is 10.0 Å². The average Bonchev–Trinajstić information content (AvgIpc) is 3.02. The fourth-order valence-electron chi connectivity index (χ4n) is 2.49. The number of sulfonamides is 1. The highest BCUT2D eigenvalue weighted by atomic mass is 32.2. The van der Waals surface area contributed by atoms with Gasteiger partial charge in [0.05, 0.1) is 28.5 Å². The molecule has 0 aliphatic carbocycles. The fourth-order valence-corrected chi connectivity index (χ4v) is 3.49. The van der Waals surface area contributed by atoms with Gasteiger partial charge in [-0.2, -0.15) is 5.10 Å². The second-order valence-electron chi connectivity index (χ2n) is 5.76. The summed E-state index contributed by atoms with van der Waals surface area (Å²) in [6.07, 6.45) is 1.69. The summed E-state index contributed by atoms with van der Waals surface area (Å²) in [6, 6.07) is 13.2. The molecule has 0 spiro atoms. The van der Waals surface area contributed by atoms with Gasteiger partial charge in [-0.15, -0.1) is 0 Å². The van der Waals surface area contributed by atoms with Gasteiger partial charge in [-0.25, -0.2) is 13.1 Å². The molecule has 0 saturated carbocycles. The summed E-state index contributed by atoms with van der Waals surface area (Å²) in [4.78, 5) is 15.7. The molecule has 0 fully saturated rings. The number of ketones is 1. The van der Waals surface area contributed by atoms with E-state index in [1.165, 1.54) is 31.2 Å². The van der Waals surface area contributed by atoms with Crippen LogP contribution in [0.5, 0.6) is 0 Å². The molecule has 134 valence electrons. The number of pyridine rings is 1. The number of carbonyl (C=O) groups excluding carboxylic acids is 1. The van der Waals surface area contributed by atoms with Crippen molar-refractivity contribution in [2.45, 2.75) is 18.4 Å². The van der Waals surface area contributed by atoms with Crippen LogP contribution in [0.2, 0.25) is 0 Å². The summed E-state index contributed by atoms with van der Waals surface area (Å²) >= 11 is 0. The number of nitrogens with zero attached hydrogens (tertiary/aromatic N) is 3. The number of aryl methyl sites for hydroxylation is 1. The molecule has 7 nitrogen and oxygen atoms in total. The highest BCUT2D eigenvalue weighted by Crippen LogP contribution is 2.17. The zero-order valence-electron chi connectivity index (χ0n) is 14.4. The van der Waals surface area contributed by atoms with Gasteiger partial charge < -0.3 is 0 Å². The van der Waals surface area contributed by atoms with Crippen molar-refractivity contribution in [1.29, 1.82) is 0 Å². The molecule has 0 aliphatic heterocycles. The lowest BCUT2D eigenvalue weighted by atomic mass is 10.2. The molecule has 2 aromatic heterocycles. The number of hydrogen-bond donors (Lipinski definition) is 1. The Kier molecular flexibility index (Phi) is 4.97. The lowest BCUT2D eigenvalue weighted by Gasteiger charge is -2.05. The van der Waals surface area contributed by atoms with Crippen molar-refractivity contribution in [3.05, 3.63) is 66.0 Å². The van der Waals surface area contributed by atoms with E-state index in [0.29, 0.717) is 11.3 Å². The zero-order chi connectivity index (χ0) is 18.7. The summed E-state index contributed by atoms with van der Waals surface area (Å²) in [5, 5.41) is 4.33. The van der Waals surface area contributed by atoms with Gasteiger partial charge in [-0.05, 0) is 37.3 Å². The van der Waals surface area contributed by atoms with Crippen molar-refractivity contribution >= 4 is 15.8 Å². The van der Waals surface area contributed by atoms with Crippen LogP contribution in [0.1, 0.15) is 23.0 Å². The number of Topliss-reactive ketones (excluding diaryl/α,β-unsaturated/α-hetero) is 1. The number of rotatable bonds is 6. The van der Waals surface area contributed by atoms with Crippen molar-refractivity contribution in [3.63, 3.8) is 0 Å². The third-order valence-electron chi connectivity index (χ3n) is 3.87. The van der Waals surface area contributed by atoms with Gasteiger partial charge in [0.2, 0.25) is 10.0 Å². The average molecular weight is 370 g/mol. The van der Waals surface area contributed by atoms with Crippen LogP contribution in [0.15, 0.2) is 59.6 Å². The fraction of sp³-hybridized carbons (Fsp3) is 0.167. The van der Waals surface area contributed by atoms with Crippen molar-refractivity contribution in [2.75, 3.05) is 0 Å². The van der Waals surface area contributed by atoms with E-state index >= 15 is 0 Å². The number of carbonyl (C=O) groups is 1. The van der Waals surface area contributed by atoms with E-state index in [9.17, 15) is 13.2 Å². The van der Waals surface area contributed by atoms with Crippen LogP contribution in [0.3, 0.4) is 0 Å². The quantitative estimate of drug-likeness (QED) is 0.671. The van der Waals surface area contributed by atoms with Gasteiger partial charge >= 0.3 is 0 Å². The molecule has 0 saturated heterocycles. The van der Waals surface area contributed by atoms with Crippen LogP contribution in [-0.4, -0.2) is 29.0 Å². The van der Waals surface area contributed by atoms with Gasteiger partial charge in [0.1, 0.15) is 0 Å². The molecular formula is C18H18N4O3S. The first kappa shape index (κ1) is 18.0. The highest BCUT2D eigenvalue weighted by molar-refractivity contribution is 7.89. The first-order chi connectivity index (χ1) is 12.4. The lowest BCUT2D eigenvalue weighted by molar-refractivity contribution is 0.101. The third kappa shape index (κ3) is 3.87. The minimum atomic E-state index is -3.70. The first-order valence-electron chi connectivity index (χ1n) is 7.92. The molecule has 3 aromatic rings. The van der Waals surface area contributed by atoms with Crippen LogP contribution < -0.4 is 4.72 Å².